The van der Waals surface area contributed by atoms with Gasteiger partial charge < -0.3 is 0 Å². The van der Waals surface area contributed by atoms with Gasteiger partial charge in [-0.05, 0) is 23.8 Å². The molecule has 0 unspecified atom stereocenters. The molecule has 2 aromatic rings. The van der Waals surface area contributed by atoms with E-state index in [2.05, 4.69) is 9.71 Å². The summed E-state index contributed by atoms with van der Waals surface area (Å²) in [5.41, 5.74) is 0.764. The standard InChI is InChI=1S/C13H11FN2O2S/c14-12-6-7-13(15-10-12)16-19(17,18)9-8-11-4-2-1-3-5-11/h1-10H,(H,15,16)/b9-8-. The first kappa shape index (κ1) is 13.2. The predicted molar refractivity (Wildman–Crippen MR) is 72.2 cm³/mol. The molecule has 0 amide bonds. The summed E-state index contributed by atoms with van der Waals surface area (Å²) in [4.78, 5) is 3.62. The van der Waals surface area contributed by atoms with Crippen molar-refractivity contribution in [1.82, 2.24) is 4.98 Å². The number of nitrogens with zero attached hydrogens (tertiary/aromatic N) is 1. The van der Waals surface area contributed by atoms with Crippen LogP contribution in [0.1, 0.15) is 5.56 Å². The van der Waals surface area contributed by atoms with Gasteiger partial charge in [-0.2, -0.15) is 0 Å². The molecule has 1 aromatic heterocycles. The highest BCUT2D eigenvalue weighted by Crippen LogP contribution is 2.08. The van der Waals surface area contributed by atoms with Gasteiger partial charge in [0, 0.05) is 0 Å². The third-order valence-corrected chi connectivity index (χ3v) is 3.20. The smallest absolute Gasteiger partial charge is 0.256 e. The molecule has 0 saturated heterocycles. The Hall–Kier alpha value is -2.21. The minimum absolute atomic E-state index is 0.0686. The molecule has 0 aliphatic heterocycles. The van der Waals surface area contributed by atoms with Crippen molar-refractivity contribution in [2.24, 2.45) is 0 Å². The van der Waals surface area contributed by atoms with Crippen molar-refractivity contribution < 1.29 is 12.8 Å². The summed E-state index contributed by atoms with van der Waals surface area (Å²) in [6.45, 7) is 0. The van der Waals surface area contributed by atoms with Crippen molar-refractivity contribution in [1.29, 1.82) is 0 Å². The summed E-state index contributed by atoms with van der Waals surface area (Å²) in [6, 6.07) is 11.4. The average molecular weight is 278 g/mol. The number of halogens is 1. The number of pyridine rings is 1. The van der Waals surface area contributed by atoms with Gasteiger partial charge in [0.15, 0.2) is 0 Å². The van der Waals surface area contributed by atoms with Gasteiger partial charge in [-0.3, -0.25) is 4.72 Å². The second kappa shape index (κ2) is 5.62. The number of nitrogens with one attached hydrogen (secondary N) is 1. The zero-order valence-corrected chi connectivity index (χ0v) is 10.6. The molecule has 0 spiro atoms. The van der Waals surface area contributed by atoms with E-state index in [1.54, 1.807) is 24.3 Å². The van der Waals surface area contributed by atoms with Crippen molar-refractivity contribution in [2.75, 3.05) is 4.72 Å². The molecular weight excluding hydrogens is 267 g/mol. The van der Waals surface area contributed by atoms with Crippen molar-refractivity contribution in [3.63, 3.8) is 0 Å². The van der Waals surface area contributed by atoms with Crippen LogP contribution in [-0.2, 0) is 10.0 Å². The molecule has 0 aliphatic carbocycles. The van der Waals surface area contributed by atoms with Crippen molar-refractivity contribution in [3.05, 3.63) is 65.5 Å². The predicted octanol–water partition coefficient (Wildman–Crippen LogP) is 2.63. The van der Waals surface area contributed by atoms with Crippen LogP contribution in [0.2, 0.25) is 0 Å². The summed E-state index contributed by atoms with van der Waals surface area (Å²) in [5.74, 6) is -0.457. The Morgan fingerprint density at radius 2 is 1.84 bits per heavy atom. The van der Waals surface area contributed by atoms with E-state index in [4.69, 9.17) is 0 Å². The molecule has 6 heteroatoms. The van der Waals surface area contributed by atoms with Gasteiger partial charge >= 0.3 is 0 Å². The fraction of sp³-hybridized carbons (Fsp3) is 0. The van der Waals surface area contributed by atoms with Gasteiger partial charge in [0.25, 0.3) is 10.0 Å². The number of anilines is 1. The SMILES string of the molecule is O=S(=O)(/C=C\c1ccccc1)Nc1ccc(F)cn1. The fourth-order valence-corrected chi connectivity index (χ4v) is 2.16. The first-order valence-corrected chi connectivity index (χ1v) is 6.97. The van der Waals surface area contributed by atoms with Gasteiger partial charge in [0.2, 0.25) is 0 Å². The third kappa shape index (κ3) is 4.18. The first-order chi connectivity index (χ1) is 9.05. The summed E-state index contributed by atoms with van der Waals surface area (Å²) in [7, 11) is -3.66. The van der Waals surface area contributed by atoms with Gasteiger partial charge in [0.05, 0.1) is 11.6 Å². The minimum Gasteiger partial charge on any atom is -0.264 e. The van der Waals surface area contributed by atoms with Crippen LogP contribution in [0.3, 0.4) is 0 Å². The molecule has 1 aromatic carbocycles. The van der Waals surface area contributed by atoms with E-state index in [9.17, 15) is 12.8 Å². The quantitative estimate of drug-likeness (QED) is 0.935. The van der Waals surface area contributed by atoms with E-state index in [1.807, 2.05) is 6.07 Å². The number of sulfonamides is 1. The lowest BCUT2D eigenvalue weighted by Crippen LogP contribution is -2.10. The number of hydrogen-bond acceptors (Lipinski definition) is 3. The number of aromatic nitrogens is 1. The Bertz CT molecular complexity index is 668. The summed E-state index contributed by atoms with van der Waals surface area (Å²) >= 11 is 0. The van der Waals surface area contributed by atoms with Crippen LogP contribution >= 0.6 is 0 Å². The molecule has 0 aliphatic rings. The average Bonchev–Trinajstić information content (AvgIpc) is 2.40. The normalized spacial score (nSPS) is 11.6. The molecule has 2 rings (SSSR count). The molecule has 0 radical (unpaired) electrons. The van der Waals surface area contributed by atoms with Crippen LogP contribution in [-0.4, -0.2) is 13.4 Å². The van der Waals surface area contributed by atoms with Gasteiger partial charge in [-0.25, -0.2) is 17.8 Å². The largest absolute Gasteiger partial charge is 0.264 e. The number of hydrogen-bond donors (Lipinski definition) is 1. The van der Waals surface area contributed by atoms with E-state index in [0.29, 0.717) is 0 Å². The zero-order chi connectivity index (χ0) is 13.7. The van der Waals surface area contributed by atoms with Gasteiger partial charge in [-0.1, -0.05) is 30.3 Å². The van der Waals surface area contributed by atoms with Crippen molar-refractivity contribution >= 4 is 21.9 Å². The monoisotopic (exact) mass is 278 g/mol. The molecule has 4 nitrogen and oxygen atoms in total. The first-order valence-electron chi connectivity index (χ1n) is 5.43. The highest BCUT2D eigenvalue weighted by Gasteiger charge is 2.06. The number of rotatable bonds is 4. The maximum atomic E-state index is 12.6. The Kier molecular flexibility index (Phi) is 3.91. The second-order valence-electron chi connectivity index (χ2n) is 3.72. The van der Waals surface area contributed by atoms with Crippen LogP contribution < -0.4 is 4.72 Å². The van der Waals surface area contributed by atoms with Crippen molar-refractivity contribution in [2.45, 2.75) is 0 Å². The maximum Gasteiger partial charge on any atom is 0.256 e. The van der Waals surface area contributed by atoms with Crippen LogP contribution in [0, 0.1) is 5.82 Å². The molecular formula is C13H11FN2O2S. The Morgan fingerprint density at radius 3 is 2.47 bits per heavy atom. The third-order valence-electron chi connectivity index (χ3n) is 2.21. The van der Waals surface area contributed by atoms with Crippen molar-refractivity contribution in [3.8, 4) is 0 Å². The molecule has 0 atom stereocenters. The zero-order valence-electron chi connectivity index (χ0n) is 9.82. The van der Waals surface area contributed by atoms with E-state index in [-0.39, 0.29) is 5.82 Å². The Balaban J connectivity index is 2.11. The van der Waals surface area contributed by atoms with E-state index < -0.39 is 15.8 Å². The maximum absolute atomic E-state index is 12.6. The summed E-state index contributed by atoms with van der Waals surface area (Å²) < 4.78 is 38.3. The molecule has 98 valence electrons. The lowest BCUT2D eigenvalue weighted by atomic mass is 10.2. The molecule has 0 fully saturated rings. The van der Waals surface area contributed by atoms with Crippen LogP contribution in [0.25, 0.3) is 6.08 Å². The summed E-state index contributed by atoms with van der Waals surface area (Å²) in [5, 5.41) is 1.04. The van der Waals surface area contributed by atoms with E-state index in [1.165, 1.54) is 12.1 Å². The molecule has 19 heavy (non-hydrogen) atoms. The molecule has 1 heterocycles. The Morgan fingerprint density at radius 1 is 1.11 bits per heavy atom. The Labute approximate surface area is 110 Å². The van der Waals surface area contributed by atoms with Crippen LogP contribution in [0.15, 0.2) is 54.1 Å². The topological polar surface area (TPSA) is 59.1 Å². The summed E-state index contributed by atoms with van der Waals surface area (Å²) in [6.07, 6.45) is 2.41. The number of benzene rings is 1. The highest BCUT2D eigenvalue weighted by atomic mass is 32.2. The molecule has 1 N–H and O–H groups in total. The van der Waals surface area contributed by atoms with Gasteiger partial charge in [-0.15, -0.1) is 0 Å². The second-order valence-corrected chi connectivity index (χ2v) is 5.29. The van der Waals surface area contributed by atoms with Crippen LogP contribution in [0.4, 0.5) is 10.2 Å². The van der Waals surface area contributed by atoms with Crippen LogP contribution in [0.5, 0.6) is 0 Å². The fourth-order valence-electron chi connectivity index (χ4n) is 1.35. The van der Waals surface area contributed by atoms with E-state index in [0.717, 1.165) is 23.2 Å². The lowest BCUT2D eigenvalue weighted by molar-refractivity contribution is 0.608. The van der Waals surface area contributed by atoms with Gasteiger partial charge in [0.1, 0.15) is 11.6 Å². The lowest BCUT2D eigenvalue weighted by Gasteiger charge is -2.02. The highest BCUT2D eigenvalue weighted by molar-refractivity contribution is 7.95. The molecule has 0 bridgehead atoms. The van der Waals surface area contributed by atoms with E-state index >= 15 is 0 Å². The molecule has 0 saturated carbocycles. The minimum atomic E-state index is -3.66.